The Bertz CT molecular complexity index is 762. The van der Waals surface area contributed by atoms with Crippen molar-refractivity contribution in [3.8, 4) is 11.1 Å². The maximum absolute atomic E-state index is 12.6. The third-order valence-electron chi connectivity index (χ3n) is 5.83. The highest BCUT2D eigenvalue weighted by Crippen LogP contribution is 2.44. The number of hydrazine groups is 1. The van der Waals surface area contributed by atoms with Crippen LogP contribution in [0.25, 0.3) is 11.1 Å². The SMILES string of the molecule is O=C(OCC1c2ccccc2-c2ccccc21)C1CC2CCN(C2)N1. The van der Waals surface area contributed by atoms with Crippen LogP contribution in [0, 0.1) is 5.92 Å². The van der Waals surface area contributed by atoms with E-state index in [0.717, 1.165) is 19.5 Å². The van der Waals surface area contributed by atoms with E-state index in [0.29, 0.717) is 12.5 Å². The summed E-state index contributed by atoms with van der Waals surface area (Å²) < 4.78 is 5.78. The van der Waals surface area contributed by atoms with Crippen molar-refractivity contribution in [3.05, 3.63) is 59.7 Å². The van der Waals surface area contributed by atoms with E-state index < -0.39 is 0 Å². The molecule has 5 rings (SSSR count). The second-order valence-corrected chi connectivity index (χ2v) is 7.38. The van der Waals surface area contributed by atoms with Crippen molar-refractivity contribution < 1.29 is 9.53 Å². The molecular weight excluding hydrogens is 312 g/mol. The molecule has 2 heterocycles. The van der Waals surface area contributed by atoms with Crippen LogP contribution < -0.4 is 5.43 Å². The zero-order valence-corrected chi connectivity index (χ0v) is 14.2. The first-order valence-corrected chi connectivity index (χ1v) is 9.15. The predicted molar refractivity (Wildman–Crippen MR) is 95.9 cm³/mol. The molecule has 3 aliphatic rings. The van der Waals surface area contributed by atoms with E-state index in [-0.39, 0.29) is 17.9 Å². The number of hydrogen-bond donors (Lipinski definition) is 1. The van der Waals surface area contributed by atoms with Crippen LogP contribution >= 0.6 is 0 Å². The normalized spacial score (nSPS) is 27.0. The van der Waals surface area contributed by atoms with Crippen molar-refractivity contribution in [2.45, 2.75) is 24.8 Å². The average Bonchev–Trinajstić information content (AvgIpc) is 3.16. The summed E-state index contributed by atoms with van der Waals surface area (Å²) in [7, 11) is 0. The van der Waals surface area contributed by atoms with Crippen LogP contribution in [-0.2, 0) is 9.53 Å². The number of fused-ring (bicyclic) bond motifs is 5. The van der Waals surface area contributed by atoms with Crippen LogP contribution in [0.15, 0.2) is 48.5 Å². The van der Waals surface area contributed by atoms with Gasteiger partial charge < -0.3 is 4.74 Å². The van der Waals surface area contributed by atoms with Crippen molar-refractivity contribution in [1.82, 2.24) is 10.4 Å². The molecule has 0 amide bonds. The van der Waals surface area contributed by atoms with Crippen molar-refractivity contribution in [2.24, 2.45) is 5.92 Å². The van der Waals surface area contributed by atoms with Crippen LogP contribution in [-0.4, -0.2) is 36.7 Å². The lowest BCUT2D eigenvalue weighted by atomic mass is 9.97. The van der Waals surface area contributed by atoms with Gasteiger partial charge >= 0.3 is 5.97 Å². The predicted octanol–water partition coefficient (Wildman–Crippen LogP) is 2.94. The number of benzene rings is 2. The van der Waals surface area contributed by atoms with E-state index in [2.05, 4.69) is 59.0 Å². The molecule has 3 atom stereocenters. The zero-order valence-electron chi connectivity index (χ0n) is 14.2. The van der Waals surface area contributed by atoms with Gasteiger partial charge in [-0.2, -0.15) is 0 Å². The van der Waals surface area contributed by atoms with Gasteiger partial charge in [-0.1, -0.05) is 48.5 Å². The van der Waals surface area contributed by atoms with Crippen molar-refractivity contribution >= 4 is 5.97 Å². The Morgan fingerprint density at radius 2 is 1.76 bits per heavy atom. The number of rotatable bonds is 3. The molecule has 128 valence electrons. The van der Waals surface area contributed by atoms with E-state index in [9.17, 15) is 4.79 Å². The van der Waals surface area contributed by atoms with Crippen molar-refractivity contribution in [2.75, 3.05) is 19.7 Å². The van der Waals surface area contributed by atoms with Gasteiger partial charge in [0.15, 0.2) is 0 Å². The van der Waals surface area contributed by atoms with Crippen LogP contribution in [0.1, 0.15) is 29.9 Å². The molecule has 1 N–H and O–H groups in total. The lowest BCUT2D eigenvalue weighted by Crippen LogP contribution is -2.52. The zero-order chi connectivity index (χ0) is 16.8. The van der Waals surface area contributed by atoms with Crippen molar-refractivity contribution in [3.63, 3.8) is 0 Å². The fourth-order valence-corrected chi connectivity index (χ4v) is 4.60. The molecule has 4 nitrogen and oxygen atoms in total. The number of carbonyl (C=O) groups excluding carboxylic acids is 1. The molecule has 0 spiro atoms. The minimum Gasteiger partial charge on any atom is -0.463 e. The fourth-order valence-electron chi connectivity index (χ4n) is 4.60. The number of carbonyl (C=O) groups is 1. The Balaban J connectivity index is 1.33. The Labute approximate surface area is 147 Å². The van der Waals surface area contributed by atoms with Gasteiger partial charge in [0, 0.05) is 19.0 Å². The summed E-state index contributed by atoms with van der Waals surface area (Å²) in [5.74, 6) is 0.655. The van der Waals surface area contributed by atoms with Gasteiger partial charge in [0.25, 0.3) is 0 Å². The van der Waals surface area contributed by atoms with Gasteiger partial charge in [0.05, 0.1) is 0 Å². The van der Waals surface area contributed by atoms with Gasteiger partial charge in [-0.3, -0.25) is 4.79 Å². The lowest BCUT2D eigenvalue weighted by molar-refractivity contribution is -0.149. The minimum absolute atomic E-state index is 0.113. The molecule has 2 aromatic carbocycles. The second kappa shape index (κ2) is 5.97. The summed E-state index contributed by atoms with van der Waals surface area (Å²) in [6.07, 6.45) is 2.08. The van der Waals surface area contributed by atoms with Crippen LogP contribution in [0.4, 0.5) is 0 Å². The molecule has 2 fully saturated rings. The first-order chi connectivity index (χ1) is 12.3. The van der Waals surface area contributed by atoms with E-state index in [1.165, 1.54) is 28.7 Å². The highest BCUT2D eigenvalue weighted by atomic mass is 16.5. The molecule has 0 aromatic heterocycles. The highest BCUT2D eigenvalue weighted by Gasteiger charge is 2.37. The second-order valence-electron chi connectivity index (χ2n) is 7.38. The number of hydrogen-bond acceptors (Lipinski definition) is 4. The summed E-state index contributed by atoms with van der Waals surface area (Å²) >= 11 is 0. The van der Waals surface area contributed by atoms with E-state index in [1.54, 1.807) is 0 Å². The maximum atomic E-state index is 12.6. The molecule has 1 aliphatic carbocycles. The molecule has 25 heavy (non-hydrogen) atoms. The van der Waals surface area contributed by atoms with Gasteiger partial charge in [0.2, 0.25) is 0 Å². The Morgan fingerprint density at radius 3 is 2.44 bits per heavy atom. The smallest absolute Gasteiger partial charge is 0.324 e. The summed E-state index contributed by atoms with van der Waals surface area (Å²) in [5.41, 5.74) is 8.37. The Hall–Kier alpha value is -2.17. The molecule has 2 bridgehead atoms. The highest BCUT2D eigenvalue weighted by molar-refractivity contribution is 5.79. The van der Waals surface area contributed by atoms with Crippen LogP contribution in [0.5, 0.6) is 0 Å². The van der Waals surface area contributed by atoms with Gasteiger partial charge in [0.1, 0.15) is 12.6 Å². The average molecular weight is 334 g/mol. The monoisotopic (exact) mass is 334 g/mol. The standard InChI is InChI=1S/C21H22N2O2/c24-21(20-11-14-9-10-23(12-14)22-20)25-13-19-17-7-3-1-5-15(17)16-6-2-4-8-18(16)19/h1-8,14,19-20,22H,9-13H2. The topological polar surface area (TPSA) is 41.6 Å². The number of nitrogens with one attached hydrogen (secondary N) is 1. The van der Waals surface area contributed by atoms with Gasteiger partial charge in [-0.25, -0.2) is 10.4 Å². The molecule has 3 unspecified atom stereocenters. The largest absolute Gasteiger partial charge is 0.463 e. The molecule has 2 saturated heterocycles. The Kier molecular flexibility index (Phi) is 3.61. The maximum Gasteiger partial charge on any atom is 0.324 e. The lowest BCUT2D eigenvalue weighted by Gasteiger charge is -2.30. The summed E-state index contributed by atoms with van der Waals surface area (Å²) in [4.78, 5) is 12.6. The van der Waals surface area contributed by atoms with E-state index in [4.69, 9.17) is 4.74 Å². The summed E-state index contributed by atoms with van der Waals surface area (Å²) in [6, 6.07) is 16.7. The first kappa shape index (κ1) is 15.1. The van der Waals surface area contributed by atoms with Crippen molar-refractivity contribution in [1.29, 1.82) is 0 Å². The number of esters is 1. The summed E-state index contributed by atoms with van der Waals surface area (Å²) in [5, 5.41) is 2.17. The minimum atomic E-state index is -0.187. The van der Waals surface area contributed by atoms with Crippen LogP contribution in [0.2, 0.25) is 0 Å². The molecule has 0 saturated carbocycles. The molecule has 2 aromatic rings. The molecule has 4 heteroatoms. The van der Waals surface area contributed by atoms with E-state index >= 15 is 0 Å². The fraction of sp³-hybridized carbons (Fsp3) is 0.381. The number of nitrogens with zero attached hydrogens (tertiary/aromatic N) is 1. The summed E-state index contributed by atoms with van der Waals surface area (Å²) in [6.45, 7) is 2.51. The molecular formula is C21H22N2O2. The van der Waals surface area contributed by atoms with Gasteiger partial charge in [-0.05, 0) is 41.0 Å². The molecule has 0 radical (unpaired) electrons. The van der Waals surface area contributed by atoms with Gasteiger partial charge in [-0.15, -0.1) is 0 Å². The third kappa shape index (κ3) is 2.57. The van der Waals surface area contributed by atoms with E-state index in [1.807, 2.05) is 0 Å². The van der Waals surface area contributed by atoms with Crippen LogP contribution in [0.3, 0.4) is 0 Å². The Morgan fingerprint density at radius 1 is 1.08 bits per heavy atom. The molecule has 2 aliphatic heterocycles. The first-order valence-electron chi connectivity index (χ1n) is 9.15. The quantitative estimate of drug-likeness (QED) is 0.877. The number of ether oxygens (including phenoxy) is 1. The third-order valence-corrected chi connectivity index (χ3v) is 5.83.